The van der Waals surface area contributed by atoms with Crippen molar-refractivity contribution in [2.75, 3.05) is 0 Å². The third-order valence-electron chi connectivity index (χ3n) is 12.1. The smallest absolute Gasteiger partial charge is 0.160 e. The van der Waals surface area contributed by atoms with Gasteiger partial charge in [0.1, 0.15) is 0 Å². The molecular weight excluding hydrogens is 727 g/mol. The third-order valence-corrected chi connectivity index (χ3v) is 12.1. The second kappa shape index (κ2) is 13.9. The van der Waals surface area contributed by atoms with Gasteiger partial charge in [0, 0.05) is 33.2 Å². The summed E-state index contributed by atoms with van der Waals surface area (Å²) in [5.74, 6) is 0.730. The van der Waals surface area contributed by atoms with Crippen molar-refractivity contribution in [1.29, 1.82) is 0 Å². The maximum Gasteiger partial charge on any atom is 0.160 e. The molecule has 0 fully saturated rings. The van der Waals surface area contributed by atoms with Crippen LogP contribution in [0.4, 0.5) is 0 Å². The molecule has 0 aliphatic heterocycles. The highest BCUT2D eigenvalue weighted by atomic mass is 15.0. The quantitative estimate of drug-likeness (QED) is 0.162. The van der Waals surface area contributed by atoms with Crippen LogP contribution in [-0.2, 0) is 6.42 Å². The molecule has 0 bridgehead atoms. The van der Waals surface area contributed by atoms with E-state index in [1.807, 2.05) is 6.07 Å². The van der Waals surface area contributed by atoms with Gasteiger partial charge in [-0.2, -0.15) is 0 Å². The minimum absolute atomic E-state index is 0.730. The van der Waals surface area contributed by atoms with Crippen molar-refractivity contribution in [3.8, 4) is 73.0 Å². The van der Waals surface area contributed by atoms with Gasteiger partial charge in [0.05, 0.1) is 22.4 Å². The van der Waals surface area contributed by atoms with E-state index in [-0.39, 0.29) is 0 Å². The zero-order chi connectivity index (χ0) is 39.6. The average molecular weight is 764 g/mol. The second-order valence-electron chi connectivity index (χ2n) is 15.7. The Bertz CT molecular complexity index is 3420. The molecule has 3 heteroatoms. The molecule has 0 spiro atoms. The van der Waals surface area contributed by atoms with Crippen molar-refractivity contribution in [2.45, 2.75) is 6.42 Å². The van der Waals surface area contributed by atoms with E-state index in [0.29, 0.717) is 0 Å². The van der Waals surface area contributed by atoms with E-state index in [1.54, 1.807) is 0 Å². The molecule has 2 heterocycles. The minimum atomic E-state index is 0.730. The van der Waals surface area contributed by atoms with Crippen LogP contribution in [-0.4, -0.2) is 14.5 Å². The van der Waals surface area contributed by atoms with Crippen LogP contribution in [0.15, 0.2) is 212 Å². The lowest BCUT2D eigenvalue weighted by Crippen LogP contribution is -1.97. The van der Waals surface area contributed by atoms with Crippen LogP contribution in [0.25, 0.3) is 106 Å². The van der Waals surface area contributed by atoms with Crippen molar-refractivity contribution >= 4 is 32.6 Å². The van der Waals surface area contributed by atoms with E-state index in [0.717, 1.165) is 34.8 Å². The largest absolute Gasteiger partial charge is 0.309 e. The molecule has 0 atom stereocenters. The standard InChI is InChI=1S/C57H37N3/c1-4-15-37(16-5-1)41-19-14-20-43(33-41)51-36-52(59-57(58-51)40-17-6-2-7-18-40)56-48-25-11-10-24-47(48)55(49-35-50(49)56)39-29-27-38(28-30-39)42-31-32-46-45-23-12-13-26-53(45)60(54(46)34-42)44-21-8-3-9-22-44/h1-34,36H,35H2. The highest BCUT2D eigenvalue weighted by Crippen LogP contribution is 2.50. The maximum absolute atomic E-state index is 5.32. The second-order valence-corrected chi connectivity index (χ2v) is 15.7. The fourth-order valence-electron chi connectivity index (χ4n) is 9.24. The molecule has 60 heavy (non-hydrogen) atoms. The van der Waals surface area contributed by atoms with Gasteiger partial charge >= 0.3 is 0 Å². The Labute approximate surface area is 348 Å². The molecule has 11 aromatic rings. The van der Waals surface area contributed by atoms with Crippen molar-refractivity contribution in [3.05, 3.63) is 223 Å². The molecule has 0 saturated carbocycles. The van der Waals surface area contributed by atoms with E-state index in [9.17, 15) is 0 Å². The van der Waals surface area contributed by atoms with Gasteiger partial charge in [0.25, 0.3) is 0 Å². The van der Waals surface area contributed by atoms with E-state index in [4.69, 9.17) is 9.97 Å². The highest BCUT2D eigenvalue weighted by Gasteiger charge is 2.31. The van der Waals surface area contributed by atoms with Gasteiger partial charge in [0.15, 0.2) is 5.82 Å². The molecule has 12 rings (SSSR count). The van der Waals surface area contributed by atoms with E-state index >= 15 is 0 Å². The van der Waals surface area contributed by atoms with Gasteiger partial charge in [-0.05, 0) is 98.1 Å². The number of fused-ring (bicyclic) bond motifs is 5. The third kappa shape index (κ3) is 5.74. The van der Waals surface area contributed by atoms with E-state index < -0.39 is 0 Å². The lowest BCUT2D eigenvalue weighted by atomic mass is 9.92. The lowest BCUT2D eigenvalue weighted by molar-refractivity contribution is 1.18. The molecule has 0 saturated heterocycles. The number of hydrogen-bond donors (Lipinski definition) is 0. The predicted molar refractivity (Wildman–Crippen MR) is 249 cm³/mol. The number of para-hydroxylation sites is 2. The molecular formula is C57H37N3. The van der Waals surface area contributed by atoms with Crippen molar-refractivity contribution in [1.82, 2.24) is 14.5 Å². The van der Waals surface area contributed by atoms with Crippen LogP contribution < -0.4 is 0 Å². The zero-order valence-electron chi connectivity index (χ0n) is 32.8. The summed E-state index contributed by atoms with van der Waals surface area (Å²) < 4.78 is 2.39. The number of benzene rings is 9. The molecule has 1 aliphatic carbocycles. The van der Waals surface area contributed by atoms with Crippen LogP contribution in [0.2, 0.25) is 0 Å². The number of nitrogens with zero attached hydrogens (tertiary/aromatic N) is 3. The van der Waals surface area contributed by atoms with Gasteiger partial charge in [-0.25, -0.2) is 9.97 Å². The van der Waals surface area contributed by atoms with Crippen molar-refractivity contribution < 1.29 is 0 Å². The Morgan fingerprint density at radius 1 is 0.317 bits per heavy atom. The molecule has 0 amide bonds. The Hall–Kier alpha value is -7.88. The molecule has 3 nitrogen and oxygen atoms in total. The van der Waals surface area contributed by atoms with Crippen molar-refractivity contribution in [3.63, 3.8) is 0 Å². The Morgan fingerprint density at radius 2 is 0.833 bits per heavy atom. The van der Waals surface area contributed by atoms with Gasteiger partial charge in [-0.1, -0.05) is 176 Å². The van der Waals surface area contributed by atoms with Crippen LogP contribution in [0.1, 0.15) is 11.1 Å². The summed E-state index contributed by atoms with van der Waals surface area (Å²) in [6, 6.07) is 76.1. The first-order valence-corrected chi connectivity index (χ1v) is 20.6. The number of hydrogen-bond acceptors (Lipinski definition) is 2. The van der Waals surface area contributed by atoms with Crippen molar-refractivity contribution in [2.24, 2.45) is 0 Å². The fourth-order valence-corrected chi connectivity index (χ4v) is 9.24. The lowest BCUT2D eigenvalue weighted by Gasteiger charge is -2.14. The SMILES string of the molecule is c1ccc(-c2cccc(-c3cc(-c4c5c(c(-c6ccc(-c7ccc8c9ccccc9n(-c9ccccc9)c8c7)cc6)c6ccccc46)C5)nc(-c4ccccc4)n3)c2)cc1. The first-order chi connectivity index (χ1) is 29.7. The molecule has 0 unspecified atom stereocenters. The Balaban J connectivity index is 0.964. The van der Waals surface area contributed by atoms with Gasteiger partial charge in [0.2, 0.25) is 0 Å². The number of aromatic nitrogens is 3. The molecule has 1 aliphatic rings. The topological polar surface area (TPSA) is 30.7 Å². The molecule has 2 aromatic heterocycles. The van der Waals surface area contributed by atoms with Gasteiger partial charge in [-0.3, -0.25) is 0 Å². The molecule has 9 aromatic carbocycles. The average Bonchev–Trinajstić information content (AvgIpc) is 4.04. The van der Waals surface area contributed by atoms with Gasteiger partial charge in [-0.15, -0.1) is 0 Å². The van der Waals surface area contributed by atoms with Crippen LogP contribution >= 0.6 is 0 Å². The first kappa shape index (κ1) is 34.2. The van der Waals surface area contributed by atoms with E-state index in [1.165, 1.54) is 88.3 Å². The summed E-state index contributed by atoms with van der Waals surface area (Å²) in [4.78, 5) is 10.5. The summed E-state index contributed by atoms with van der Waals surface area (Å²) in [5.41, 5.74) is 18.8. The Kier molecular flexibility index (Phi) is 7.92. The first-order valence-electron chi connectivity index (χ1n) is 20.6. The monoisotopic (exact) mass is 763 g/mol. The normalized spacial score (nSPS) is 11.9. The van der Waals surface area contributed by atoms with Crippen LogP contribution in [0.5, 0.6) is 0 Å². The maximum atomic E-state index is 5.32. The summed E-state index contributed by atoms with van der Waals surface area (Å²) >= 11 is 0. The number of rotatable bonds is 7. The van der Waals surface area contributed by atoms with Crippen LogP contribution in [0, 0.1) is 0 Å². The van der Waals surface area contributed by atoms with Crippen LogP contribution in [0.3, 0.4) is 0 Å². The predicted octanol–water partition coefficient (Wildman–Crippen LogP) is 14.6. The Morgan fingerprint density at radius 3 is 1.60 bits per heavy atom. The fraction of sp³-hybridized carbons (Fsp3) is 0.0175. The molecule has 280 valence electrons. The summed E-state index contributed by atoms with van der Waals surface area (Å²) in [6.07, 6.45) is 0.936. The van der Waals surface area contributed by atoms with E-state index in [2.05, 4.69) is 211 Å². The minimum Gasteiger partial charge on any atom is -0.309 e. The molecule has 0 N–H and O–H groups in total. The summed E-state index contributed by atoms with van der Waals surface area (Å²) in [6.45, 7) is 0. The van der Waals surface area contributed by atoms with Gasteiger partial charge < -0.3 is 4.57 Å². The molecule has 0 radical (unpaired) electrons. The summed E-state index contributed by atoms with van der Waals surface area (Å²) in [7, 11) is 0. The summed E-state index contributed by atoms with van der Waals surface area (Å²) in [5, 5.41) is 4.99. The zero-order valence-corrected chi connectivity index (χ0v) is 32.8. The highest BCUT2D eigenvalue weighted by molar-refractivity contribution is 6.12.